The molecular formula is C22H31F3N6. The molecule has 0 aliphatic carbocycles. The van der Waals surface area contributed by atoms with Gasteiger partial charge in [0.1, 0.15) is 17.3 Å². The molecule has 0 aromatic carbocycles. The Bertz CT molecular complexity index is 947. The van der Waals surface area contributed by atoms with Gasteiger partial charge in [-0.2, -0.15) is 18.3 Å². The van der Waals surface area contributed by atoms with Crippen LogP contribution in [0.3, 0.4) is 0 Å². The summed E-state index contributed by atoms with van der Waals surface area (Å²) in [4.78, 5) is 9.03. The molecule has 0 radical (unpaired) electrons. The summed E-state index contributed by atoms with van der Waals surface area (Å²) >= 11 is 0. The number of nitrogens with zero attached hydrogens (tertiary/aromatic N) is 4. The highest BCUT2D eigenvalue weighted by Crippen LogP contribution is 2.41. The molecule has 1 unspecified atom stereocenters. The number of aromatic nitrogens is 4. The van der Waals surface area contributed by atoms with Gasteiger partial charge >= 0.3 is 6.18 Å². The molecule has 170 valence electrons. The molecule has 3 N–H and O–H groups in total. The Morgan fingerprint density at radius 1 is 1.29 bits per heavy atom. The maximum absolute atomic E-state index is 12.7. The molecule has 0 aliphatic rings. The fourth-order valence-electron chi connectivity index (χ4n) is 3.55. The number of nitrogen functional groups attached to an aromatic ring is 1. The number of aryl methyl sites for hydroxylation is 2. The second-order valence-electron chi connectivity index (χ2n) is 7.63. The maximum atomic E-state index is 12.7. The zero-order valence-corrected chi connectivity index (χ0v) is 18.6. The van der Waals surface area contributed by atoms with Crippen molar-refractivity contribution in [3.63, 3.8) is 0 Å². The molecule has 0 saturated heterocycles. The smallest absolute Gasteiger partial charge is 0.383 e. The topological polar surface area (TPSA) is 81.7 Å². The molecule has 0 spiro atoms. The van der Waals surface area contributed by atoms with E-state index >= 15 is 0 Å². The summed E-state index contributed by atoms with van der Waals surface area (Å²) in [7, 11) is 1.72. The van der Waals surface area contributed by atoms with Crippen LogP contribution in [-0.2, 0) is 18.4 Å². The van der Waals surface area contributed by atoms with Crippen LogP contribution < -0.4 is 11.1 Å². The molecule has 2 heterocycles. The Kier molecular flexibility index (Phi) is 7.51. The van der Waals surface area contributed by atoms with Crippen molar-refractivity contribution in [3.05, 3.63) is 42.1 Å². The van der Waals surface area contributed by atoms with E-state index in [1.807, 2.05) is 13.8 Å². The number of alkyl halides is 3. The lowest BCUT2D eigenvalue weighted by Crippen LogP contribution is -2.26. The summed E-state index contributed by atoms with van der Waals surface area (Å²) in [5, 5.41) is 7.38. The van der Waals surface area contributed by atoms with Gasteiger partial charge in [-0.1, -0.05) is 38.5 Å². The molecule has 0 bridgehead atoms. The van der Waals surface area contributed by atoms with Gasteiger partial charge in [0.05, 0.1) is 12.0 Å². The van der Waals surface area contributed by atoms with Crippen LogP contribution in [0.5, 0.6) is 0 Å². The third-order valence-corrected chi connectivity index (χ3v) is 5.45. The highest BCUT2D eigenvalue weighted by Gasteiger charge is 2.33. The Morgan fingerprint density at radius 3 is 2.48 bits per heavy atom. The summed E-state index contributed by atoms with van der Waals surface area (Å²) < 4.78 is 39.3. The van der Waals surface area contributed by atoms with E-state index < -0.39 is 18.0 Å². The number of hydrogen-bond acceptors (Lipinski definition) is 5. The van der Waals surface area contributed by atoms with E-state index in [0.717, 1.165) is 18.4 Å². The molecule has 2 rings (SSSR count). The first-order valence-corrected chi connectivity index (χ1v) is 10.3. The zero-order valence-electron chi connectivity index (χ0n) is 18.6. The van der Waals surface area contributed by atoms with Crippen molar-refractivity contribution >= 4 is 11.6 Å². The van der Waals surface area contributed by atoms with Crippen LogP contribution in [0.25, 0.3) is 11.5 Å². The van der Waals surface area contributed by atoms with Crippen LogP contribution in [0.2, 0.25) is 0 Å². The SMILES string of the molecule is C=CC(C)(C(=C)CCC)c1c(N)nc(-c2cc(CC)n(CCC(F)(F)F)n2)nc1NC. The molecule has 6 nitrogen and oxygen atoms in total. The van der Waals surface area contributed by atoms with Crippen LogP contribution in [0, 0.1) is 0 Å². The van der Waals surface area contributed by atoms with E-state index in [-0.39, 0.29) is 18.2 Å². The average molecular weight is 437 g/mol. The Hall–Kier alpha value is -2.84. The fourth-order valence-corrected chi connectivity index (χ4v) is 3.55. The molecule has 31 heavy (non-hydrogen) atoms. The third-order valence-electron chi connectivity index (χ3n) is 5.45. The molecule has 0 amide bonds. The normalized spacial score (nSPS) is 13.6. The van der Waals surface area contributed by atoms with Crippen molar-refractivity contribution in [2.24, 2.45) is 0 Å². The minimum Gasteiger partial charge on any atom is -0.383 e. The standard InChI is InChI=1S/C22H31F3N6/c1-7-10-14(4)21(5,9-3)17-18(26)28-19(29-20(17)27-6)16-13-15(8-2)31(30-16)12-11-22(23,24)25/h9,13H,3-4,7-8,10-12H2,1-2,5-6H3,(H3,26,27,28,29). The summed E-state index contributed by atoms with van der Waals surface area (Å²) in [6, 6.07) is 1.70. The quantitative estimate of drug-likeness (QED) is 0.495. The van der Waals surface area contributed by atoms with E-state index in [9.17, 15) is 13.2 Å². The summed E-state index contributed by atoms with van der Waals surface area (Å²) in [5.41, 5.74) is 8.37. The Balaban J connectivity index is 2.54. The number of halogens is 3. The third kappa shape index (κ3) is 5.26. The van der Waals surface area contributed by atoms with Gasteiger partial charge in [0, 0.05) is 24.7 Å². The van der Waals surface area contributed by atoms with Crippen LogP contribution in [-0.4, -0.2) is 33.0 Å². The van der Waals surface area contributed by atoms with Gasteiger partial charge in [-0.25, -0.2) is 9.97 Å². The van der Waals surface area contributed by atoms with Crippen molar-refractivity contribution in [2.45, 2.75) is 64.6 Å². The van der Waals surface area contributed by atoms with E-state index in [1.165, 1.54) is 4.68 Å². The van der Waals surface area contributed by atoms with Gasteiger partial charge in [0.15, 0.2) is 5.82 Å². The summed E-state index contributed by atoms with van der Waals surface area (Å²) in [5.74, 6) is 1.00. The first-order chi connectivity index (χ1) is 14.5. The maximum Gasteiger partial charge on any atom is 0.390 e. The van der Waals surface area contributed by atoms with E-state index in [0.29, 0.717) is 29.2 Å². The van der Waals surface area contributed by atoms with E-state index in [1.54, 1.807) is 19.2 Å². The zero-order chi connectivity index (χ0) is 23.4. The van der Waals surface area contributed by atoms with E-state index in [2.05, 4.69) is 40.5 Å². The summed E-state index contributed by atoms with van der Waals surface area (Å²) in [6.07, 6.45) is -1.19. The molecule has 1 atom stereocenters. The lowest BCUT2D eigenvalue weighted by molar-refractivity contribution is -0.137. The minimum absolute atomic E-state index is 0.247. The molecular weight excluding hydrogens is 405 g/mol. The minimum atomic E-state index is -4.25. The number of nitrogens with two attached hydrogens (primary N) is 1. The lowest BCUT2D eigenvalue weighted by Gasteiger charge is -2.31. The van der Waals surface area contributed by atoms with Crippen LogP contribution in [0.1, 0.15) is 51.3 Å². The highest BCUT2D eigenvalue weighted by molar-refractivity contribution is 5.68. The van der Waals surface area contributed by atoms with Gasteiger partial charge in [0.25, 0.3) is 0 Å². The average Bonchev–Trinajstić information content (AvgIpc) is 3.14. The number of nitrogens with one attached hydrogen (secondary N) is 1. The van der Waals surface area contributed by atoms with Crippen molar-refractivity contribution in [1.82, 2.24) is 19.7 Å². The Morgan fingerprint density at radius 2 is 1.97 bits per heavy atom. The highest BCUT2D eigenvalue weighted by atomic mass is 19.4. The second-order valence-corrected chi connectivity index (χ2v) is 7.63. The Labute approximate surface area is 181 Å². The van der Waals surface area contributed by atoms with Crippen LogP contribution >= 0.6 is 0 Å². The first kappa shape index (κ1) is 24.4. The second kappa shape index (κ2) is 9.53. The van der Waals surface area contributed by atoms with E-state index in [4.69, 9.17) is 5.73 Å². The van der Waals surface area contributed by atoms with Crippen molar-refractivity contribution < 1.29 is 13.2 Å². The van der Waals surface area contributed by atoms with Gasteiger partial charge in [-0.05, 0) is 25.8 Å². The lowest BCUT2D eigenvalue weighted by atomic mass is 9.75. The predicted octanol–water partition coefficient (Wildman–Crippen LogP) is 5.28. The number of allylic oxidation sites excluding steroid dienone is 2. The summed E-state index contributed by atoms with van der Waals surface area (Å²) in [6.45, 7) is 13.8. The fraction of sp³-hybridized carbons (Fsp3) is 0.500. The van der Waals surface area contributed by atoms with Gasteiger partial charge in [0.2, 0.25) is 0 Å². The van der Waals surface area contributed by atoms with Gasteiger partial charge < -0.3 is 11.1 Å². The molecule has 9 heteroatoms. The van der Waals surface area contributed by atoms with Crippen molar-refractivity contribution in [2.75, 3.05) is 18.1 Å². The predicted molar refractivity (Wildman–Crippen MR) is 119 cm³/mol. The van der Waals surface area contributed by atoms with Gasteiger partial charge in [-0.3, -0.25) is 4.68 Å². The molecule has 0 saturated carbocycles. The molecule has 2 aromatic rings. The molecule has 2 aromatic heterocycles. The molecule has 0 fully saturated rings. The van der Waals surface area contributed by atoms with Crippen LogP contribution in [0.4, 0.5) is 24.8 Å². The first-order valence-electron chi connectivity index (χ1n) is 10.3. The number of anilines is 2. The monoisotopic (exact) mass is 436 g/mol. The van der Waals surface area contributed by atoms with Crippen molar-refractivity contribution in [3.8, 4) is 11.5 Å². The number of rotatable bonds is 10. The van der Waals surface area contributed by atoms with Gasteiger partial charge in [-0.15, -0.1) is 6.58 Å². The van der Waals surface area contributed by atoms with Crippen LogP contribution in [0.15, 0.2) is 30.9 Å². The number of hydrogen-bond donors (Lipinski definition) is 2. The largest absolute Gasteiger partial charge is 0.390 e. The van der Waals surface area contributed by atoms with Crippen molar-refractivity contribution in [1.29, 1.82) is 0 Å². The molecule has 0 aliphatic heterocycles.